The second kappa shape index (κ2) is 8.06. The van der Waals surface area contributed by atoms with Crippen molar-refractivity contribution in [2.24, 2.45) is 0 Å². The van der Waals surface area contributed by atoms with Crippen molar-refractivity contribution in [2.75, 3.05) is 0 Å². The number of rotatable bonds is 4. The van der Waals surface area contributed by atoms with Gasteiger partial charge in [-0.2, -0.15) is 0 Å². The van der Waals surface area contributed by atoms with Gasteiger partial charge in [0.15, 0.2) is 11.5 Å². The first-order valence-corrected chi connectivity index (χ1v) is 10.6. The second-order valence-corrected chi connectivity index (χ2v) is 8.74. The summed E-state index contributed by atoms with van der Waals surface area (Å²) < 4.78 is 16.7. The van der Waals surface area contributed by atoms with Crippen LogP contribution < -0.4 is 4.74 Å². The van der Waals surface area contributed by atoms with Crippen LogP contribution in [0.25, 0.3) is 33.9 Å². The quantitative estimate of drug-likeness (QED) is 0.230. The molecule has 3 aromatic heterocycles. The summed E-state index contributed by atoms with van der Waals surface area (Å²) in [7, 11) is 0. The minimum Gasteiger partial charge on any atom is -0.463 e. The van der Waals surface area contributed by atoms with Crippen LogP contribution in [0.2, 0.25) is 0 Å². The van der Waals surface area contributed by atoms with E-state index < -0.39 is 5.97 Å². The lowest BCUT2D eigenvalue weighted by molar-refractivity contribution is 0.0735. The Morgan fingerprint density at radius 3 is 1.94 bits per heavy atom. The van der Waals surface area contributed by atoms with E-state index in [0.717, 1.165) is 0 Å². The smallest absolute Gasteiger partial charge is 0.343 e. The molecule has 0 radical (unpaired) electrons. The Balaban J connectivity index is 1.49. The van der Waals surface area contributed by atoms with Crippen molar-refractivity contribution >= 4 is 17.0 Å². The van der Waals surface area contributed by atoms with Crippen molar-refractivity contribution in [3.8, 4) is 28.7 Å². The third-order valence-electron chi connectivity index (χ3n) is 5.34. The van der Waals surface area contributed by atoms with Gasteiger partial charge in [-0.3, -0.25) is 0 Å². The van der Waals surface area contributed by atoms with E-state index in [-0.39, 0.29) is 5.41 Å². The van der Waals surface area contributed by atoms with Gasteiger partial charge in [0.05, 0.1) is 29.1 Å². The zero-order valence-corrected chi connectivity index (χ0v) is 18.5. The van der Waals surface area contributed by atoms with Crippen molar-refractivity contribution in [1.82, 2.24) is 9.97 Å². The van der Waals surface area contributed by atoms with Crippen LogP contribution in [0, 0.1) is 0 Å². The van der Waals surface area contributed by atoms with Crippen LogP contribution >= 0.6 is 0 Å². The minimum absolute atomic E-state index is 0.0275. The van der Waals surface area contributed by atoms with E-state index in [1.54, 1.807) is 42.9 Å². The molecule has 5 aromatic rings. The number of hydrogen-bond acceptors (Lipinski definition) is 6. The molecule has 164 valence electrons. The Morgan fingerprint density at radius 1 is 0.788 bits per heavy atom. The molecule has 0 amide bonds. The summed E-state index contributed by atoms with van der Waals surface area (Å²) in [5.41, 5.74) is 3.85. The van der Waals surface area contributed by atoms with E-state index in [1.165, 1.54) is 5.56 Å². The highest BCUT2D eigenvalue weighted by atomic mass is 16.5. The van der Waals surface area contributed by atoms with Gasteiger partial charge < -0.3 is 13.6 Å². The summed E-state index contributed by atoms with van der Waals surface area (Å²) in [5, 5.41) is 0. The van der Waals surface area contributed by atoms with E-state index in [0.29, 0.717) is 45.3 Å². The molecule has 0 fully saturated rings. The molecule has 3 heterocycles. The standard InChI is InChI=1S/C27H22N2O4/c1-27(2,3)18-9-11-19(12-10-18)33-26(30)17-8-13-20-21(16-17)29-25(23-7-5-15-32-23)24(28-20)22-6-4-14-31-22/h4-16H,1-3H3. The van der Waals surface area contributed by atoms with Gasteiger partial charge in [-0.05, 0) is 65.6 Å². The topological polar surface area (TPSA) is 78.4 Å². The average molecular weight is 438 g/mol. The highest BCUT2D eigenvalue weighted by molar-refractivity contribution is 5.95. The predicted octanol–water partition coefficient (Wildman–Crippen LogP) is 6.67. The van der Waals surface area contributed by atoms with Gasteiger partial charge in [0, 0.05) is 0 Å². The largest absolute Gasteiger partial charge is 0.463 e. The fraction of sp³-hybridized carbons (Fsp3) is 0.148. The first-order chi connectivity index (χ1) is 15.9. The molecule has 0 saturated carbocycles. The Kier molecular flexibility index (Phi) is 5.05. The highest BCUT2D eigenvalue weighted by Gasteiger charge is 2.19. The highest BCUT2D eigenvalue weighted by Crippen LogP contribution is 2.32. The summed E-state index contributed by atoms with van der Waals surface area (Å²) in [6, 6.07) is 19.9. The maximum Gasteiger partial charge on any atom is 0.343 e. The van der Waals surface area contributed by atoms with Gasteiger partial charge in [-0.1, -0.05) is 32.9 Å². The molecule has 0 aliphatic rings. The Hall–Kier alpha value is -4.19. The molecule has 0 N–H and O–H groups in total. The predicted molar refractivity (Wildman–Crippen MR) is 125 cm³/mol. The molecule has 33 heavy (non-hydrogen) atoms. The van der Waals surface area contributed by atoms with Gasteiger partial charge in [-0.25, -0.2) is 14.8 Å². The first kappa shape index (κ1) is 20.7. The van der Waals surface area contributed by atoms with E-state index in [2.05, 4.69) is 20.8 Å². The number of carbonyl (C=O) groups excluding carboxylic acids is 1. The molecule has 6 nitrogen and oxygen atoms in total. The molecular formula is C27H22N2O4. The molecular weight excluding hydrogens is 416 g/mol. The number of furan rings is 2. The van der Waals surface area contributed by atoms with Crippen molar-refractivity contribution in [2.45, 2.75) is 26.2 Å². The van der Waals surface area contributed by atoms with E-state index in [9.17, 15) is 4.79 Å². The molecule has 5 rings (SSSR count). The van der Waals surface area contributed by atoms with Crippen LogP contribution in [0.1, 0.15) is 36.7 Å². The van der Waals surface area contributed by atoms with E-state index in [1.807, 2.05) is 36.4 Å². The Morgan fingerprint density at radius 2 is 1.39 bits per heavy atom. The fourth-order valence-corrected chi connectivity index (χ4v) is 3.54. The zero-order valence-electron chi connectivity index (χ0n) is 18.5. The molecule has 2 aromatic carbocycles. The van der Waals surface area contributed by atoms with Gasteiger partial charge in [0.25, 0.3) is 0 Å². The van der Waals surface area contributed by atoms with Crippen LogP contribution in [-0.2, 0) is 5.41 Å². The van der Waals surface area contributed by atoms with Crippen LogP contribution in [0.5, 0.6) is 5.75 Å². The normalized spacial score (nSPS) is 11.6. The molecule has 0 aliphatic carbocycles. The van der Waals surface area contributed by atoms with Crippen molar-refractivity contribution < 1.29 is 18.4 Å². The third kappa shape index (κ3) is 4.15. The first-order valence-electron chi connectivity index (χ1n) is 10.6. The Bertz CT molecular complexity index is 1410. The van der Waals surface area contributed by atoms with E-state index >= 15 is 0 Å². The summed E-state index contributed by atoms with van der Waals surface area (Å²) in [4.78, 5) is 22.3. The molecule has 0 unspecified atom stereocenters. The molecule has 0 bridgehead atoms. The number of benzene rings is 2. The maximum absolute atomic E-state index is 12.8. The van der Waals surface area contributed by atoms with Crippen molar-refractivity contribution in [3.05, 3.63) is 90.4 Å². The average Bonchev–Trinajstić information content (AvgIpc) is 3.52. The Labute approximate surface area is 190 Å². The minimum atomic E-state index is -0.461. The van der Waals surface area contributed by atoms with Gasteiger partial charge >= 0.3 is 5.97 Å². The summed E-state index contributed by atoms with van der Waals surface area (Å²) in [6.45, 7) is 6.41. The summed E-state index contributed by atoms with van der Waals surface area (Å²) in [6.07, 6.45) is 3.16. The number of fused-ring (bicyclic) bond motifs is 1. The number of aromatic nitrogens is 2. The van der Waals surface area contributed by atoms with Crippen molar-refractivity contribution in [1.29, 1.82) is 0 Å². The second-order valence-electron chi connectivity index (χ2n) is 8.74. The number of esters is 1. The summed E-state index contributed by atoms with van der Waals surface area (Å²) >= 11 is 0. The van der Waals surface area contributed by atoms with Crippen LogP contribution in [-0.4, -0.2) is 15.9 Å². The van der Waals surface area contributed by atoms with Crippen LogP contribution in [0.4, 0.5) is 0 Å². The molecule has 0 atom stereocenters. The third-order valence-corrected chi connectivity index (χ3v) is 5.34. The monoisotopic (exact) mass is 438 g/mol. The van der Waals surface area contributed by atoms with Crippen molar-refractivity contribution in [3.63, 3.8) is 0 Å². The molecule has 0 aliphatic heterocycles. The SMILES string of the molecule is CC(C)(C)c1ccc(OC(=O)c2ccc3nc(-c4ccco4)c(-c4ccco4)nc3c2)cc1. The number of carbonyl (C=O) groups is 1. The maximum atomic E-state index is 12.8. The van der Waals surface area contributed by atoms with Crippen LogP contribution in [0.3, 0.4) is 0 Å². The van der Waals surface area contributed by atoms with E-state index in [4.69, 9.17) is 23.5 Å². The van der Waals surface area contributed by atoms with Gasteiger partial charge in [-0.15, -0.1) is 0 Å². The zero-order chi connectivity index (χ0) is 23.0. The number of hydrogen-bond donors (Lipinski definition) is 0. The lowest BCUT2D eigenvalue weighted by atomic mass is 9.87. The molecule has 6 heteroatoms. The number of nitrogens with zero attached hydrogens (tertiary/aromatic N) is 2. The molecule has 0 spiro atoms. The number of ether oxygens (including phenoxy) is 1. The summed E-state index contributed by atoms with van der Waals surface area (Å²) in [5.74, 6) is 1.17. The lowest BCUT2D eigenvalue weighted by Crippen LogP contribution is -2.12. The molecule has 0 saturated heterocycles. The lowest BCUT2D eigenvalue weighted by Gasteiger charge is -2.19. The fourth-order valence-electron chi connectivity index (χ4n) is 3.54. The van der Waals surface area contributed by atoms with Gasteiger partial charge in [0.2, 0.25) is 0 Å². The van der Waals surface area contributed by atoms with Gasteiger partial charge in [0.1, 0.15) is 17.1 Å². The van der Waals surface area contributed by atoms with Crippen LogP contribution in [0.15, 0.2) is 88.1 Å².